The standard InChI is InChI=1S/C27H28F3N3O2S/c1-4-33(36(34,35)15-17-7-5-8-18(28)13-17)16-27-12-11-20(26(27,2)3)19-14-23(31-32-25(19)27)24-21(29)9-6-10-22(24)30/h5-10,13-14,20H,4,11-12,15-16H2,1-3H3/t20-,27-/m0/s1. The third-order valence-corrected chi connectivity index (χ3v) is 10.1. The van der Waals surface area contributed by atoms with Gasteiger partial charge in [-0.2, -0.15) is 10.2 Å². The molecular weight excluding hydrogens is 487 g/mol. The summed E-state index contributed by atoms with van der Waals surface area (Å²) >= 11 is 0. The van der Waals surface area contributed by atoms with Gasteiger partial charge < -0.3 is 0 Å². The van der Waals surface area contributed by atoms with E-state index in [1.54, 1.807) is 19.1 Å². The van der Waals surface area contributed by atoms with Crippen LogP contribution in [0.5, 0.6) is 0 Å². The topological polar surface area (TPSA) is 63.2 Å². The van der Waals surface area contributed by atoms with Gasteiger partial charge in [-0.3, -0.25) is 0 Å². The number of aromatic nitrogens is 2. The molecule has 2 atom stereocenters. The van der Waals surface area contributed by atoms with Crippen molar-refractivity contribution in [3.63, 3.8) is 0 Å². The van der Waals surface area contributed by atoms with Crippen molar-refractivity contribution in [1.29, 1.82) is 0 Å². The first-order valence-electron chi connectivity index (χ1n) is 12.0. The molecule has 3 aromatic rings. The zero-order valence-electron chi connectivity index (χ0n) is 20.4. The second-order valence-electron chi connectivity index (χ2n) is 10.3. The van der Waals surface area contributed by atoms with Gasteiger partial charge in [0.15, 0.2) is 0 Å². The number of benzene rings is 2. The summed E-state index contributed by atoms with van der Waals surface area (Å²) in [6, 6.07) is 11.0. The second kappa shape index (κ2) is 8.66. The molecule has 2 bridgehead atoms. The maximum atomic E-state index is 14.5. The summed E-state index contributed by atoms with van der Waals surface area (Å²) in [5.41, 5.74) is 0.929. The van der Waals surface area contributed by atoms with Crippen LogP contribution in [0, 0.1) is 22.9 Å². The fourth-order valence-electron chi connectivity index (χ4n) is 6.28. The van der Waals surface area contributed by atoms with E-state index in [0.717, 1.165) is 18.4 Å². The molecule has 0 radical (unpaired) electrons. The van der Waals surface area contributed by atoms with Crippen molar-refractivity contribution in [3.8, 4) is 11.3 Å². The van der Waals surface area contributed by atoms with Crippen LogP contribution in [-0.4, -0.2) is 36.0 Å². The number of hydrogen-bond acceptors (Lipinski definition) is 4. The summed E-state index contributed by atoms with van der Waals surface area (Å²) in [6.45, 7) is 6.44. The highest BCUT2D eigenvalue weighted by Gasteiger charge is 2.64. The van der Waals surface area contributed by atoms with Gasteiger partial charge in [0.25, 0.3) is 0 Å². The minimum Gasteiger partial charge on any atom is -0.212 e. The van der Waals surface area contributed by atoms with Crippen LogP contribution in [0.2, 0.25) is 0 Å². The Kier molecular flexibility index (Phi) is 5.99. The zero-order chi connectivity index (χ0) is 25.9. The van der Waals surface area contributed by atoms with E-state index in [4.69, 9.17) is 0 Å². The van der Waals surface area contributed by atoms with Gasteiger partial charge >= 0.3 is 0 Å². The molecular formula is C27H28F3N3O2S. The van der Waals surface area contributed by atoms with Crippen LogP contribution in [0.3, 0.4) is 0 Å². The van der Waals surface area contributed by atoms with E-state index in [-0.39, 0.29) is 41.4 Å². The summed E-state index contributed by atoms with van der Waals surface area (Å²) in [5.74, 6) is -2.14. The molecule has 2 aliphatic carbocycles. The molecule has 0 amide bonds. The van der Waals surface area contributed by atoms with Crippen LogP contribution >= 0.6 is 0 Å². The third-order valence-electron chi connectivity index (χ3n) is 8.27. The van der Waals surface area contributed by atoms with Crippen molar-refractivity contribution >= 4 is 10.0 Å². The van der Waals surface area contributed by atoms with Crippen LogP contribution in [0.1, 0.15) is 56.4 Å². The maximum Gasteiger partial charge on any atom is 0.218 e. The number of fused-ring (bicyclic) bond motifs is 5. The van der Waals surface area contributed by atoms with E-state index in [1.807, 2.05) is 0 Å². The summed E-state index contributed by atoms with van der Waals surface area (Å²) in [4.78, 5) is 0. The lowest BCUT2D eigenvalue weighted by Crippen LogP contribution is -2.48. The monoisotopic (exact) mass is 515 g/mol. The van der Waals surface area contributed by atoms with E-state index in [2.05, 4.69) is 24.0 Å². The largest absolute Gasteiger partial charge is 0.218 e. The van der Waals surface area contributed by atoms with Crippen molar-refractivity contribution in [2.24, 2.45) is 5.41 Å². The number of nitrogens with zero attached hydrogens (tertiary/aromatic N) is 3. The number of rotatable bonds is 7. The molecule has 0 aliphatic heterocycles. The van der Waals surface area contributed by atoms with E-state index in [9.17, 15) is 21.6 Å². The summed E-state index contributed by atoms with van der Waals surface area (Å²) in [5, 5.41) is 8.68. The molecule has 5 rings (SSSR count). The molecule has 0 spiro atoms. The Morgan fingerprint density at radius 3 is 2.39 bits per heavy atom. The number of hydrogen-bond donors (Lipinski definition) is 0. The lowest BCUT2D eigenvalue weighted by atomic mass is 9.68. The normalized spacial score (nSPS) is 22.2. The number of likely N-dealkylation sites (N-methyl/N-ethyl adjacent to an activating group) is 1. The Bertz CT molecular complexity index is 1420. The quantitative estimate of drug-likeness (QED) is 0.413. The summed E-state index contributed by atoms with van der Waals surface area (Å²) in [6.07, 6.45) is 1.54. The second-order valence-corrected chi connectivity index (χ2v) is 12.3. The van der Waals surface area contributed by atoms with Crippen molar-refractivity contribution in [2.45, 2.75) is 50.7 Å². The van der Waals surface area contributed by atoms with Crippen LogP contribution in [0.4, 0.5) is 13.2 Å². The molecule has 2 aliphatic rings. The molecule has 2 aromatic carbocycles. The lowest BCUT2D eigenvalue weighted by Gasteiger charge is -2.41. The SMILES string of the molecule is CCN(C[C@@]12CC[C@@H](c3cc(-c4c(F)cccc4F)nnc31)C2(C)C)S(=O)(=O)Cc1cccc(F)c1. The van der Waals surface area contributed by atoms with Crippen LogP contribution in [0.15, 0.2) is 48.5 Å². The maximum absolute atomic E-state index is 14.5. The molecule has 0 saturated heterocycles. The van der Waals surface area contributed by atoms with Gasteiger partial charge in [-0.25, -0.2) is 25.9 Å². The van der Waals surface area contributed by atoms with E-state index >= 15 is 0 Å². The molecule has 0 N–H and O–H groups in total. The fraction of sp³-hybridized carbons (Fsp3) is 0.407. The zero-order valence-corrected chi connectivity index (χ0v) is 21.2. The van der Waals surface area contributed by atoms with Crippen LogP contribution in [0.25, 0.3) is 11.3 Å². The lowest BCUT2D eigenvalue weighted by molar-refractivity contribution is 0.169. The minimum atomic E-state index is -3.76. The Balaban J connectivity index is 1.53. The van der Waals surface area contributed by atoms with Gasteiger partial charge in [-0.05, 0) is 65.6 Å². The molecule has 36 heavy (non-hydrogen) atoms. The predicted octanol–water partition coefficient (Wildman–Crippen LogP) is 5.57. The molecule has 190 valence electrons. The first-order chi connectivity index (χ1) is 17.0. The smallest absolute Gasteiger partial charge is 0.212 e. The fourth-order valence-corrected chi connectivity index (χ4v) is 7.87. The molecule has 0 unspecified atom stereocenters. The summed E-state index contributed by atoms with van der Waals surface area (Å²) in [7, 11) is -3.76. The predicted molar refractivity (Wildman–Crippen MR) is 131 cm³/mol. The first-order valence-corrected chi connectivity index (χ1v) is 13.7. The van der Waals surface area contributed by atoms with Gasteiger partial charge in [0.1, 0.15) is 17.5 Å². The molecule has 5 nitrogen and oxygen atoms in total. The Hall–Kier alpha value is -2.78. The highest BCUT2D eigenvalue weighted by Crippen LogP contribution is 2.67. The molecule has 1 heterocycles. The molecule has 9 heteroatoms. The van der Waals surface area contributed by atoms with Crippen molar-refractivity contribution in [2.75, 3.05) is 13.1 Å². The van der Waals surface area contributed by atoms with E-state index in [1.165, 1.54) is 40.7 Å². The highest BCUT2D eigenvalue weighted by atomic mass is 32.2. The highest BCUT2D eigenvalue weighted by molar-refractivity contribution is 7.88. The molecule has 1 saturated carbocycles. The van der Waals surface area contributed by atoms with Crippen molar-refractivity contribution in [1.82, 2.24) is 14.5 Å². The van der Waals surface area contributed by atoms with Crippen molar-refractivity contribution in [3.05, 3.63) is 82.8 Å². The van der Waals surface area contributed by atoms with Gasteiger partial charge in [-0.15, -0.1) is 0 Å². The Morgan fingerprint density at radius 2 is 1.72 bits per heavy atom. The molecule has 1 fully saturated rings. The minimum absolute atomic E-state index is 0.0567. The van der Waals surface area contributed by atoms with Gasteiger partial charge in [-0.1, -0.05) is 39.0 Å². The van der Waals surface area contributed by atoms with E-state index in [0.29, 0.717) is 11.3 Å². The van der Waals surface area contributed by atoms with Gasteiger partial charge in [0.05, 0.1) is 22.7 Å². The van der Waals surface area contributed by atoms with Crippen LogP contribution in [-0.2, 0) is 21.2 Å². The third kappa shape index (κ3) is 3.75. The van der Waals surface area contributed by atoms with Crippen LogP contribution < -0.4 is 0 Å². The average molecular weight is 516 g/mol. The first kappa shape index (κ1) is 24.9. The Morgan fingerprint density at radius 1 is 1.03 bits per heavy atom. The molecule has 1 aromatic heterocycles. The number of halogens is 3. The Labute approximate surface area is 209 Å². The van der Waals surface area contributed by atoms with E-state index < -0.39 is 32.9 Å². The van der Waals surface area contributed by atoms with Crippen molar-refractivity contribution < 1.29 is 21.6 Å². The average Bonchev–Trinajstić information content (AvgIpc) is 3.17. The van der Waals surface area contributed by atoms with Gasteiger partial charge in [0, 0.05) is 18.5 Å². The van der Waals surface area contributed by atoms with Gasteiger partial charge in [0.2, 0.25) is 10.0 Å². The summed E-state index contributed by atoms with van der Waals surface area (Å²) < 4.78 is 70.9. The number of sulfonamides is 1.